The van der Waals surface area contributed by atoms with E-state index in [0.717, 1.165) is 24.3 Å². The number of piperidine rings is 1. The Morgan fingerprint density at radius 2 is 1.74 bits per heavy atom. The fourth-order valence-electron chi connectivity index (χ4n) is 2.67. The maximum atomic E-state index is 12.6. The maximum Gasteiger partial charge on any atom is 0.573 e. The van der Waals surface area contributed by atoms with Crippen LogP contribution in [-0.2, 0) is 10.0 Å². The maximum absolute atomic E-state index is 12.6. The lowest BCUT2D eigenvalue weighted by atomic mass is 10.1. The minimum absolute atomic E-state index is 0.0923. The van der Waals surface area contributed by atoms with E-state index in [2.05, 4.69) is 14.9 Å². The monoisotopic (exact) mass is 403 g/mol. The van der Waals surface area contributed by atoms with E-state index in [1.54, 1.807) is 12.1 Å². The first-order valence-corrected chi connectivity index (χ1v) is 9.48. The van der Waals surface area contributed by atoms with Gasteiger partial charge in [0.05, 0.1) is 4.90 Å². The summed E-state index contributed by atoms with van der Waals surface area (Å²) in [5.74, 6) is -0.100. The van der Waals surface area contributed by atoms with Crippen molar-refractivity contribution in [1.29, 1.82) is 0 Å². The molecule has 146 valence electrons. The van der Waals surface area contributed by atoms with Crippen molar-refractivity contribution >= 4 is 10.0 Å². The van der Waals surface area contributed by atoms with E-state index in [1.165, 1.54) is 10.5 Å². The van der Waals surface area contributed by atoms with Gasteiger partial charge in [-0.05, 0) is 43.2 Å². The predicted molar refractivity (Wildman–Crippen MR) is 87.6 cm³/mol. The summed E-state index contributed by atoms with van der Waals surface area (Å²) in [5, 5.41) is 7.54. The number of ether oxygens (including phenoxy) is 2. The second-order valence-electron chi connectivity index (χ2n) is 5.80. The Labute approximate surface area is 153 Å². The van der Waals surface area contributed by atoms with Crippen molar-refractivity contribution in [3.8, 4) is 11.6 Å². The lowest BCUT2D eigenvalue weighted by molar-refractivity contribution is -0.274. The molecule has 0 radical (unpaired) electrons. The van der Waals surface area contributed by atoms with Crippen LogP contribution in [0.25, 0.3) is 0 Å². The highest BCUT2D eigenvalue weighted by Crippen LogP contribution is 2.27. The van der Waals surface area contributed by atoms with Crippen LogP contribution in [-0.4, -0.2) is 48.5 Å². The molecule has 1 aliphatic heterocycles. The molecule has 0 unspecified atom stereocenters. The lowest BCUT2D eigenvalue weighted by Gasteiger charge is -2.31. The molecule has 2 aromatic rings. The van der Waals surface area contributed by atoms with E-state index in [-0.39, 0.29) is 24.1 Å². The van der Waals surface area contributed by atoms with Crippen molar-refractivity contribution in [2.75, 3.05) is 13.1 Å². The number of hydrogen-bond donors (Lipinski definition) is 0. The van der Waals surface area contributed by atoms with Crippen molar-refractivity contribution in [1.82, 2.24) is 14.5 Å². The number of hydrogen-bond acceptors (Lipinski definition) is 6. The van der Waals surface area contributed by atoms with Gasteiger partial charge in [0.1, 0.15) is 11.9 Å². The fraction of sp³-hybridized carbons (Fsp3) is 0.375. The first kappa shape index (κ1) is 19.4. The number of alkyl halides is 3. The van der Waals surface area contributed by atoms with Crippen LogP contribution in [0.4, 0.5) is 13.2 Å². The van der Waals surface area contributed by atoms with Gasteiger partial charge in [-0.1, -0.05) is 0 Å². The van der Waals surface area contributed by atoms with Gasteiger partial charge < -0.3 is 9.47 Å². The van der Waals surface area contributed by atoms with Crippen LogP contribution in [0.2, 0.25) is 0 Å². The van der Waals surface area contributed by atoms with Gasteiger partial charge in [-0.25, -0.2) is 8.42 Å². The molecule has 2 heterocycles. The second-order valence-corrected chi connectivity index (χ2v) is 7.74. The summed E-state index contributed by atoms with van der Waals surface area (Å²) in [6.45, 7) is 0.460. The third-order valence-electron chi connectivity index (χ3n) is 3.93. The van der Waals surface area contributed by atoms with Crippen molar-refractivity contribution in [3.05, 3.63) is 42.6 Å². The highest BCUT2D eigenvalue weighted by atomic mass is 32.2. The number of sulfonamides is 1. The lowest BCUT2D eigenvalue weighted by Crippen LogP contribution is -2.41. The average Bonchev–Trinajstić information content (AvgIpc) is 2.62. The Morgan fingerprint density at radius 1 is 1.07 bits per heavy atom. The van der Waals surface area contributed by atoms with Gasteiger partial charge in [-0.2, -0.15) is 9.40 Å². The third-order valence-corrected chi connectivity index (χ3v) is 5.84. The molecule has 1 fully saturated rings. The third kappa shape index (κ3) is 5.07. The zero-order valence-electron chi connectivity index (χ0n) is 14.0. The summed E-state index contributed by atoms with van der Waals surface area (Å²) in [6.07, 6.45) is -2.56. The fourth-order valence-corrected chi connectivity index (χ4v) is 4.14. The van der Waals surface area contributed by atoms with Crippen LogP contribution in [0.1, 0.15) is 12.8 Å². The molecule has 1 aromatic heterocycles. The molecule has 1 aliphatic rings. The average molecular weight is 403 g/mol. The number of benzene rings is 1. The minimum Gasteiger partial charge on any atom is -0.473 e. The smallest absolute Gasteiger partial charge is 0.473 e. The highest BCUT2D eigenvalue weighted by Gasteiger charge is 2.32. The van der Waals surface area contributed by atoms with Crippen LogP contribution in [0, 0.1) is 0 Å². The Kier molecular flexibility index (Phi) is 5.51. The van der Waals surface area contributed by atoms with Gasteiger partial charge in [-0.15, -0.1) is 18.3 Å². The van der Waals surface area contributed by atoms with Crippen molar-refractivity contribution in [3.63, 3.8) is 0 Å². The topological polar surface area (TPSA) is 81.6 Å². The van der Waals surface area contributed by atoms with E-state index in [9.17, 15) is 21.6 Å². The quantitative estimate of drug-likeness (QED) is 0.763. The Hall–Kier alpha value is -2.40. The van der Waals surface area contributed by atoms with Gasteiger partial charge in [-0.3, -0.25) is 0 Å². The summed E-state index contributed by atoms with van der Waals surface area (Å²) in [6, 6.07) is 7.50. The zero-order chi connectivity index (χ0) is 19.5. The summed E-state index contributed by atoms with van der Waals surface area (Å²) in [7, 11) is -3.81. The van der Waals surface area contributed by atoms with Crippen LogP contribution in [0.15, 0.2) is 47.5 Å². The van der Waals surface area contributed by atoms with Gasteiger partial charge in [0, 0.05) is 25.4 Å². The molecule has 3 rings (SSSR count). The van der Waals surface area contributed by atoms with E-state index < -0.39 is 22.1 Å². The van der Waals surface area contributed by atoms with Crippen LogP contribution in [0.3, 0.4) is 0 Å². The number of rotatable bonds is 5. The van der Waals surface area contributed by atoms with Crippen LogP contribution >= 0.6 is 0 Å². The van der Waals surface area contributed by atoms with Gasteiger partial charge >= 0.3 is 6.36 Å². The first-order valence-electron chi connectivity index (χ1n) is 8.04. The van der Waals surface area contributed by atoms with E-state index in [0.29, 0.717) is 18.7 Å². The minimum atomic E-state index is -4.83. The molecule has 0 amide bonds. The van der Waals surface area contributed by atoms with Gasteiger partial charge in [0.25, 0.3) is 0 Å². The second kappa shape index (κ2) is 7.69. The predicted octanol–water partition coefficient (Wildman–Crippen LogP) is 2.61. The van der Waals surface area contributed by atoms with Gasteiger partial charge in [0.15, 0.2) is 0 Å². The molecule has 0 spiro atoms. The normalized spacial score (nSPS) is 16.9. The molecule has 0 atom stereocenters. The van der Waals surface area contributed by atoms with Crippen molar-refractivity contribution in [2.24, 2.45) is 0 Å². The molecule has 0 N–H and O–H groups in total. The molecule has 11 heteroatoms. The highest BCUT2D eigenvalue weighted by molar-refractivity contribution is 7.89. The standard InChI is InChI=1S/C16H16F3N3O4S/c17-16(18,19)26-13-3-5-14(6-4-13)27(23,24)22-10-7-12(8-11-22)25-15-2-1-9-20-21-15/h1-6,9,12H,7-8,10-11H2. The SMILES string of the molecule is O=S(=O)(c1ccc(OC(F)(F)F)cc1)N1CCC(Oc2cccnn2)CC1. The zero-order valence-corrected chi connectivity index (χ0v) is 14.8. The van der Waals surface area contributed by atoms with Crippen molar-refractivity contribution in [2.45, 2.75) is 30.2 Å². The molecule has 0 saturated carbocycles. The first-order chi connectivity index (χ1) is 12.7. The summed E-state index contributed by atoms with van der Waals surface area (Å²) in [5.41, 5.74) is 0. The molecular formula is C16H16F3N3O4S. The van der Waals surface area contributed by atoms with Gasteiger partial charge in [0.2, 0.25) is 15.9 Å². The van der Waals surface area contributed by atoms with Crippen LogP contribution < -0.4 is 9.47 Å². The summed E-state index contributed by atoms with van der Waals surface area (Å²) < 4.78 is 72.6. The Morgan fingerprint density at radius 3 is 2.30 bits per heavy atom. The van der Waals surface area contributed by atoms with E-state index in [1.807, 2.05) is 0 Å². The van der Waals surface area contributed by atoms with E-state index in [4.69, 9.17) is 4.74 Å². The molecule has 0 aliphatic carbocycles. The largest absolute Gasteiger partial charge is 0.573 e. The molecule has 1 saturated heterocycles. The number of nitrogens with zero attached hydrogens (tertiary/aromatic N) is 3. The molecule has 27 heavy (non-hydrogen) atoms. The van der Waals surface area contributed by atoms with Crippen LogP contribution in [0.5, 0.6) is 11.6 Å². The summed E-state index contributed by atoms with van der Waals surface area (Å²) >= 11 is 0. The Bertz CT molecular complexity index is 853. The molecule has 7 nitrogen and oxygen atoms in total. The van der Waals surface area contributed by atoms with E-state index >= 15 is 0 Å². The van der Waals surface area contributed by atoms with Crippen molar-refractivity contribution < 1.29 is 31.1 Å². The number of halogens is 3. The summed E-state index contributed by atoms with van der Waals surface area (Å²) in [4.78, 5) is -0.0923. The molecule has 0 bridgehead atoms. The molecule has 1 aromatic carbocycles. The molecular weight excluding hydrogens is 387 g/mol. The Balaban J connectivity index is 1.61. The number of aromatic nitrogens is 2.